The number of hydrogen-bond acceptors (Lipinski definition) is 2. The zero-order valence-electron chi connectivity index (χ0n) is 9.55. The minimum absolute atomic E-state index is 0.712. The van der Waals surface area contributed by atoms with Crippen LogP contribution < -0.4 is 5.32 Å². The van der Waals surface area contributed by atoms with Gasteiger partial charge in [0, 0.05) is 10.9 Å². The monoisotopic (exact) mass is 221 g/mol. The molecule has 15 heavy (non-hydrogen) atoms. The van der Waals surface area contributed by atoms with Gasteiger partial charge < -0.3 is 5.32 Å². The lowest BCUT2D eigenvalue weighted by molar-refractivity contribution is 0.601. The second-order valence-corrected chi connectivity index (χ2v) is 5.17. The van der Waals surface area contributed by atoms with E-state index in [0.29, 0.717) is 6.04 Å². The molecule has 1 atom stereocenters. The lowest BCUT2D eigenvalue weighted by Gasteiger charge is -2.13. The highest BCUT2D eigenvalue weighted by molar-refractivity contribution is 7.98. The molecule has 1 aliphatic heterocycles. The van der Waals surface area contributed by atoms with E-state index in [-0.39, 0.29) is 0 Å². The molecule has 1 nitrogen and oxygen atoms in total. The highest BCUT2D eigenvalue weighted by atomic mass is 32.2. The van der Waals surface area contributed by atoms with Gasteiger partial charge >= 0.3 is 0 Å². The average Bonchev–Trinajstić information content (AvgIpc) is 2.74. The molecule has 82 valence electrons. The number of aryl methyl sites for hydroxylation is 1. The average molecular weight is 221 g/mol. The van der Waals surface area contributed by atoms with Gasteiger partial charge in [0.2, 0.25) is 0 Å². The zero-order chi connectivity index (χ0) is 10.7. The van der Waals surface area contributed by atoms with Gasteiger partial charge in [-0.1, -0.05) is 6.07 Å². The van der Waals surface area contributed by atoms with Crippen molar-refractivity contribution in [1.29, 1.82) is 0 Å². The molecule has 1 aliphatic rings. The van der Waals surface area contributed by atoms with Crippen LogP contribution in [0.4, 0.5) is 0 Å². The lowest BCUT2D eigenvalue weighted by Crippen LogP contribution is -2.23. The highest BCUT2D eigenvalue weighted by Gasteiger charge is 2.15. The van der Waals surface area contributed by atoms with Gasteiger partial charge in [0.15, 0.2) is 0 Å². The molecular formula is C13H19NS. The van der Waals surface area contributed by atoms with Crippen LogP contribution in [0.2, 0.25) is 0 Å². The first-order valence-electron chi connectivity index (χ1n) is 5.66. The topological polar surface area (TPSA) is 12.0 Å². The summed E-state index contributed by atoms with van der Waals surface area (Å²) in [6, 6.07) is 7.54. The van der Waals surface area contributed by atoms with Crippen LogP contribution in [0.3, 0.4) is 0 Å². The van der Waals surface area contributed by atoms with Crippen LogP contribution in [0.5, 0.6) is 0 Å². The first-order chi connectivity index (χ1) is 7.29. The first kappa shape index (κ1) is 11.0. The molecule has 0 aromatic heterocycles. The van der Waals surface area contributed by atoms with Crippen LogP contribution in [0.15, 0.2) is 23.1 Å². The molecule has 1 saturated heterocycles. The number of hydrogen-bond donors (Lipinski definition) is 1. The Bertz CT molecular complexity index is 329. The third-order valence-electron chi connectivity index (χ3n) is 3.18. The number of benzene rings is 1. The van der Waals surface area contributed by atoms with Crippen LogP contribution in [-0.2, 0) is 6.42 Å². The Kier molecular flexibility index (Phi) is 3.71. The fourth-order valence-corrected chi connectivity index (χ4v) is 2.72. The second kappa shape index (κ2) is 5.04. The van der Waals surface area contributed by atoms with E-state index in [2.05, 4.69) is 36.7 Å². The van der Waals surface area contributed by atoms with Gasteiger partial charge in [0.05, 0.1) is 0 Å². The van der Waals surface area contributed by atoms with E-state index in [9.17, 15) is 0 Å². The van der Waals surface area contributed by atoms with Gasteiger partial charge in [-0.3, -0.25) is 0 Å². The van der Waals surface area contributed by atoms with Crippen LogP contribution in [0.25, 0.3) is 0 Å². The molecule has 1 heterocycles. The van der Waals surface area contributed by atoms with E-state index in [1.165, 1.54) is 41.8 Å². The Morgan fingerprint density at radius 2 is 2.33 bits per heavy atom. The van der Waals surface area contributed by atoms with Crippen molar-refractivity contribution in [2.24, 2.45) is 0 Å². The predicted molar refractivity (Wildman–Crippen MR) is 67.7 cm³/mol. The van der Waals surface area contributed by atoms with Crippen molar-refractivity contribution in [1.82, 2.24) is 5.32 Å². The zero-order valence-corrected chi connectivity index (χ0v) is 10.4. The van der Waals surface area contributed by atoms with Crippen molar-refractivity contribution in [3.8, 4) is 0 Å². The maximum atomic E-state index is 3.56. The summed E-state index contributed by atoms with van der Waals surface area (Å²) in [5, 5.41) is 3.56. The summed E-state index contributed by atoms with van der Waals surface area (Å²) >= 11 is 1.82. The van der Waals surface area contributed by atoms with Crippen molar-refractivity contribution in [3.63, 3.8) is 0 Å². The van der Waals surface area contributed by atoms with Crippen LogP contribution in [0.1, 0.15) is 24.0 Å². The Balaban J connectivity index is 2.07. The molecule has 1 N–H and O–H groups in total. The van der Waals surface area contributed by atoms with Crippen molar-refractivity contribution in [2.75, 3.05) is 12.8 Å². The molecule has 0 saturated carbocycles. The molecular weight excluding hydrogens is 202 g/mol. The minimum atomic E-state index is 0.712. The normalized spacial score (nSPS) is 20.8. The molecule has 0 radical (unpaired) electrons. The highest BCUT2D eigenvalue weighted by Crippen LogP contribution is 2.21. The molecule has 0 spiro atoms. The molecule has 0 amide bonds. The quantitative estimate of drug-likeness (QED) is 0.787. The standard InChI is InChI=1S/C13H19NS/c1-10-8-13(15-2)6-5-11(10)9-12-4-3-7-14-12/h5-6,8,12,14H,3-4,7,9H2,1-2H3. The van der Waals surface area contributed by atoms with Gasteiger partial charge in [-0.2, -0.15) is 0 Å². The minimum Gasteiger partial charge on any atom is -0.314 e. The predicted octanol–water partition coefficient (Wildman–Crippen LogP) is 3.01. The third-order valence-corrected chi connectivity index (χ3v) is 3.90. The third kappa shape index (κ3) is 2.76. The van der Waals surface area contributed by atoms with E-state index in [4.69, 9.17) is 0 Å². The molecule has 0 bridgehead atoms. The van der Waals surface area contributed by atoms with Gasteiger partial charge in [0.1, 0.15) is 0 Å². The molecule has 1 fully saturated rings. The van der Waals surface area contributed by atoms with Crippen molar-refractivity contribution >= 4 is 11.8 Å². The molecule has 1 aromatic carbocycles. The van der Waals surface area contributed by atoms with E-state index < -0.39 is 0 Å². The summed E-state index contributed by atoms with van der Waals surface area (Å²) in [6.45, 7) is 3.43. The summed E-state index contributed by atoms with van der Waals surface area (Å²) < 4.78 is 0. The Labute approximate surface area is 96.7 Å². The Hall–Kier alpha value is -0.470. The second-order valence-electron chi connectivity index (χ2n) is 4.29. The smallest absolute Gasteiger partial charge is 0.0108 e. The van der Waals surface area contributed by atoms with Crippen molar-refractivity contribution < 1.29 is 0 Å². The summed E-state index contributed by atoms with van der Waals surface area (Å²) in [4.78, 5) is 1.37. The summed E-state index contributed by atoms with van der Waals surface area (Å²) in [5.41, 5.74) is 2.95. The van der Waals surface area contributed by atoms with E-state index in [1.54, 1.807) is 0 Å². The van der Waals surface area contributed by atoms with Gasteiger partial charge in [-0.15, -0.1) is 11.8 Å². The van der Waals surface area contributed by atoms with Crippen LogP contribution >= 0.6 is 11.8 Å². The molecule has 0 aliphatic carbocycles. The first-order valence-corrected chi connectivity index (χ1v) is 6.89. The van der Waals surface area contributed by atoms with Gasteiger partial charge in [-0.05, 0) is 62.2 Å². The fourth-order valence-electron chi connectivity index (χ4n) is 2.22. The Morgan fingerprint density at radius 3 is 2.93 bits per heavy atom. The van der Waals surface area contributed by atoms with Crippen LogP contribution in [-0.4, -0.2) is 18.8 Å². The fraction of sp³-hybridized carbons (Fsp3) is 0.538. The maximum absolute atomic E-state index is 3.56. The van der Waals surface area contributed by atoms with Crippen LogP contribution in [0, 0.1) is 6.92 Å². The summed E-state index contributed by atoms with van der Waals surface area (Å²) in [7, 11) is 0. The SMILES string of the molecule is CSc1ccc(CC2CCCN2)c(C)c1. The Morgan fingerprint density at radius 1 is 1.47 bits per heavy atom. The largest absolute Gasteiger partial charge is 0.314 e. The number of rotatable bonds is 3. The number of thioether (sulfide) groups is 1. The maximum Gasteiger partial charge on any atom is 0.0108 e. The molecule has 1 aromatic rings. The van der Waals surface area contributed by atoms with Crippen molar-refractivity contribution in [2.45, 2.75) is 37.1 Å². The molecule has 1 unspecified atom stereocenters. The van der Waals surface area contributed by atoms with E-state index >= 15 is 0 Å². The molecule has 2 rings (SSSR count). The van der Waals surface area contributed by atoms with E-state index in [1.807, 2.05) is 11.8 Å². The lowest BCUT2D eigenvalue weighted by atomic mass is 10.0. The van der Waals surface area contributed by atoms with Gasteiger partial charge in [0.25, 0.3) is 0 Å². The molecule has 2 heteroatoms. The summed E-state index contributed by atoms with van der Waals surface area (Å²) in [5.74, 6) is 0. The van der Waals surface area contributed by atoms with Crippen molar-refractivity contribution in [3.05, 3.63) is 29.3 Å². The van der Waals surface area contributed by atoms with Gasteiger partial charge in [-0.25, -0.2) is 0 Å². The van der Waals surface area contributed by atoms with E-state index in [0.717, 1.165) is 0 Å². The summed E-state index contributed by atoms with van der Waals surface area (Å²) in [6.07, 6.45) is 6.00. The number of nitrogens with one attached hydrogen (secondary N) is 1.